The zero-order valence-corrected chi connectivity index (χ0v) is 12.1. The van der Waals surface area contributed by atoms with Gasteiger partial charge in [0.05, 0.1) is 6.04 Å². The minimum atomic E-state index is 0.115. The van der Waals surface area contributed by atoms with Crippen LogP contribution >= 0.6 is 11.3 Å². The molecule has 1 aromatic rings. The van der Waals surface area contributed by atoms with Crippen LogP contribution in [0.25, 0.3) is 0 Å². The first-order chi connectivity index (χ1) is 7.39. The lowest BCUT2D eigenvalue weighted by molar-refractivity contribution is 0.139. The van der Waals surface area contributed by atoms with Crippen LogP contribution in [-0.2, 0) is 0 Å². The molecule has 1 atom stereocenters. The van der Waals surface area contributed by atoms with Gasteiger partial charge in [0.1, 0.15) is 0 Å². The van der Waals surface area contributed by atoms with E-state index in [0.29, 0.717) is 6.04 Å². The molecular formula is C13H24N2S. The van der Waals surface area contributed by atoms with Crippen molar-refractivity contribution in [2.45, 2.75) is 39.3 Å². The van der Waals surface area contributed by atoms with Crippen molar-refractivity contribution in [1.29, 1.82) is 0 Å². The second kappa shape index (κ2) is 5.30. The predicted molar refractivity (Wildman–Crippen MR) is 73.2 cm³/mol. The largest absolute Gasteiger partial charge is 0.309 e. The molecule has 0 aliphatic heterocycles. The topological polar surface area (TPSA) is 15.3 Å². The molecule has 1 N–H and O–H groups in total. The number of hydrogen-bond donors (Lipinski definition) is 1. The summed E-state index contributed by atoms with van der Waals surface area (Å²) in [7, 11) is 4.28. The first kappa shape index (κ1) is 13.7. The van der Waals surface area contributed by atoms with Crippen LogP contribution in [0.15, 0.2) is 11.4 Å². The number of nitrogens with one attached hydrogen (secondary N) is 1. The summed E-state index contributed by atoms with van der Waals surface area (Å²) < 4.78 is 0. The van der Waals surface area contributed by atoms with E-state index in [-0.39, 0.29) is 5.54 Å². The molecule has 3 heteroatoms. The van der Waals surface area contributed by atoms with Gasteiger partial charge in [0, 0.05) is 10.4 Å². The lowest BCUT2D eigenvalue weighted by atomic mass is 9.88. The maximum atomic E-state index is 3.60. The second-order valence-corrected chi connectivity index (χ2v) is 6.14. The molecule has 0 aromatic carbocycles. The Morgan fingerprint density at radius 1 is 1.44 bits per heavy atom. The molecule has 0 fully saturated rings. The van der Waals surface area contributed by atoms with Gasteiger partial charge in [-0.3, -0.25) is 0 Å². The fourth-order valence-corrected chi connectivity index (χ4v) is 2.58. The summed E-state index contributed by atoms with van der Waals surface area (Å²) in [5.41, 5.74) is 1.52. The van der Waals surface area contributed by atoms with E-state index in [4.69, 9.17) is 0 Å². The van der Waals surface area contributed by atoms with Crippen LogP contribution < -0.4 is 5.32 Å². The molecule has 0 amide bonds. The minimum Gasteiger partial charge on any atom is -0.309 e. The molecule has 0 radical (unpaired) electrons. The lowest BCUT2D eigenvalue weighted by Crippen LogP contribution is -2.49. The second-order valence-electron chi connectivity index (χ2n) is 5.03. The monoisotopic (exact) mass is 240 g/mol. The molecule has 1 rings (SSSR count). The van der Waals surface area contributed by atoms with Crippen molar-refractivity contribution in [3.8, 4) is 0 Å². The highest BCUT2D eigenvalue weighted by molar-refractivity contribution is 7.10. The van der Waals surface area contributed by atoms with Crippen molar-refractivity contribution >= 4 is 11.3 Å². The first-order valence-corrected chi connectivity index (χ1v) is 6.73. The molecule has 16 heavy (non-hydrogen) atoms. The van der Waals surface area contributed by atoms with Gasteiger partial charge in [-0.1, -0.05) is 6.92 Å². The van der Waals surface area contributed by atoms with Crippen molar-refractivity contribution in [3.63, 3.8) is 0 Å². The van der Waals surface area contributed by atoms with E-state index >= 15 is 0 Å². The molecule has 1 aromatic heterocycles. The highest BCUT2D eigenvalue weighted by Gasteiger charge is 2.32. The van der Waals surface area contributed by atoms with Gasteiger partial charge in [-0.15, -0.1) is 11.3 Å². The Hall–Kier alpha value is -0.380. The van der Waals surface area contributed by atoms with Crippen molar-refractivity contribution in [3.05, 3.63) is 21.9 Å². The highest BCUT2D eigenvalue weighted by atomic mass is 32.1. The van der Waals surface area contributed by atoms with Gasteiger partial charge in [-0.2, -0.15) is 0 Å². The van der Waals surface area contributed by atoms with Gasteiger partial charge in [-0.25, -0.2) is 0 Å². The summed E-state index contributed by atoms with van der Waals surface area (Å²) >= 11 is 1.83. The average Bonchev–Trinajstić information content (AvgIpc) is 2.60. The van der Waals surface area contributed by atoms with Gasteiger partial charge in [-0.05, 0) is 58.4 Å². The zero-order valence-electron chi connectivity index (χ0n) is 11.3. The minimum absolute atomic E-state index is 0.115. The van der Waals surface area contributed by atoms with E-state index in [1.54, 1.807) is 0 Å². The summed E-state index contributed by atoms with van der Waals surface area (Å²) in [6.07, 6.45) is 0. The molecule has 0 saturated carbocycles. The van der Waals surface area contributed by atoms with Crippen LogP contribution in [0.2, 0.25) is 0 Å². The quantitative estimate of drug-likeness (QED) is 0.851. The highest BCUT2D eigenvalue weighted by Crippen LogP contribution is 2.31. The van der Waals surface area contributed by atoms with Crippen LogP contribution in [-0.4, -0.2) is 31.1 Å². The Balaban J connectivity index is 2.99. The predicted octanol–water partition coefficient (Wildman–Crippen LogP) is 3.05. The van der Waals surface area contributed by atoms with Crippen LogP contribution in [0, 0.1) is 6.92 Å². The van der Waals surface area contributed by atoms with Crippen molar-refractivity contribution in [2.75, 3.05) is 20.6 Å². The fourth-order valence-electron chi connectivity index (χ4n) is 1.85. The summed E-state index contributed by atoms with van der Waals surface area (Å²) in [6, 6.07) is 2.68. The summed E-state index contributed by atoms with van der Waals surface area (Å²) in [4.78, 5) is 3.67. The molecule has 92 valence electrons. The van der Waals surface area contributed by atoms with E-state index in [0.717, 1.165) is 6.54 Å². The zero-order chi connectivity index (χ0) is 12.3. The van der Waals surface area contributed by atoms with E-state index < -0.39 is 0 Å². The van der Waals surface area contributed by atoms with E-state index in [1.165, 1.54) is 10.4 Å². The molecule has 1 unspecified atom stereocenters. The summed E-state index contributed by atoms with van der Waals surface area (Å²) in [6.45, 7) is 9.90. The molecular weight excluding hydrogens is 216 g/mol. The number of thiophene rings is 1. The Kier molecular flexibility index (Phi) is 4.53. The van der Waals surface area contributed by atoms with Crippen molar-refractivity contribution in [1.82, 2.24) is 10.2 Å². The van der Waals surface area contributed by atoms with Gasteiger partial charge in [0.2, 0.25) is 0 Å². The molecule has 0 aliphatic carbocycles. The van der Waals surface area contributed by atoms with E-state index in [1.807, 2.05) is 11.3 Å². The Labute approximate surface area is 104 Å². The smallest absolute Gasteiger partial charge is 0.0509 e. The van der Waals surface area contributed by atoms with Crippen LogP contribution in [0.4, 0.5) is 0 Å². The van der Waals surface area contributed by atoms with Crippen molar-refractivity contribution in [2.24, 2.45) is 0 Å². The van der Waals surface area contributed by atoms with Gasteiger partial charge < -0.3 is 10.2 Å². The third kappa shape index (κ3) is 2.84. The standard InChI is InChI=1S/C13H24N2S/c1-7-14-12(13(3,4)15(5)6)11-8-10(2)16-9-11/h8-9,12,14H,7H2,1-6H3. The van der Waals surface area contributed by atoms with Crippen LogP contribution in [0.1, 0.15) is 37.3 Å². The third-order valence-electron chi connectivity index (χ3n) is 3.35. The molecule has 1 heterocycles. The molecule has 0 saturated heterocycles. The molecule has 0 spiro atoms. The maximum absolute atomic E-state index is 3.60. The first-order valence-electron chi connectivity index (χ1n) is 5.85. The summed E-state index contributed by atoms with van der Waals surface area (Å²) in [5, 5.41) is 5.87. The Morgan fingerprint density at radius 2 is 2.06 bits per heavy atom. The molecule has 2 nitrogen and oxygen atoms in total. The SMILES string of the molecule is CCNC(c1csc(C)c1)C(C)(C)N(C)C. The molecule has 0 bridgehead atoms. The van der Waals surface area contributed by atoms with Gasteiger partial charge in [0.15, 0.2) is 0 Å². The number of likely N-dealkylation sites (N-methyl/N-ethyl adjacent to an activating group) is 2. The van der Waals surface area contributed by atoms with Crippen molar-refractivity contribution < 1.29 is 0 Å². The number of hydrogen-bond acceptors (Lipinski definition) is 3. The average molecular weight is 240 g/mol. The molecule has 0 aliphatic rings. The fraction of sp³-hybridized carbons (Fsp3) is 0.692. The normalized spacial score (nSPS) is 14.4. The maximum Gasteiger partial charge on any atom is 0.0509 e. The number of nitrogens with zero attached hydrogens (tertiary/aromatic N) is 1. The van der Waals surface area contributed by atoms with Gasteiger partial charge in [0.25, 0.3) is 0 Å². The summed E-state index contributed by atoms with van der Waals surface area (Å²) in [5.74, 6) is 0. The number of aryl methyl sites for hydroxylation is 1. The Morgan fingerprint density at radius 3 is 2.44 bits per heavy atom. The third-order valence-corrected chi connectivity index (χ3v) is 4.23. The van der Waals surface area contributed by atoms with E-state index in [2.05, 4.69) is 63.5 Å². The van der Waals surface area contributed by atoms with E-state index in [9.17, 15) is 0 Å². The Bertz CT molecular complexity index is 328. The van der Waals surface area contributed by atoms with Crippen LogP contribution in [0.5, 0.6) is 0 Å². The lowest BCUT2D eigenvalue weighted by Gasteiger charge is -2.40. The number of rotatable bonds is 5. The van der Waals surface area contributed by atoms with Crippen LogP contribution in [0.3, 0.4) is 0 Å². The van der Waals surface area contributed by atoms with Gasteiger partial charge >= 0.3 is 0 Å².